The Labute approximate surface area is 167 Å². The lowest BCUT2D eigenvalue weighted by Gasteiger charge is -2.24. The number of nitrogens with one attached hydrogen (secondary N) is 1. The lowest BCUT2D eigenvalue weighted by molar-refractivity contribution is -0.146. The summed E-state index contributed by atoms with van der Waals surface area (Å²) < 4.78 is 38.8. The second-order valence-electron chi connectivity index (χ2n) is 5.57. The molecule has 0 bridgehead atoms. The first-order valence-corrected chi connectivity index (χ1v) is 10.3. The minimum Gasteiger partial charge on any atom is -0.468 e. The molecule has 0 spiro atoms. The number of benzene rings is 2. The zero-order chi connectivity index (χ0) is 19.9. The van der Waals surface area contributed by atoms with Crippen LogP contribution in [0.2, 0.25) is 0 Å². The fraction of sp³-hybridized carbons (Fsp3) is 0.211. The maximum Gasteiger partial charge on any atom is 0.326 e. The number of sulfonamides is 1. The number of methoxy groups -OCH3 is 1. The highest BCUT2D eigenvalue weighted by atomic mass is 79.9. The van der Waals surface area contributed by atoms with Crippen molar-refractivity contribution >= 4 is 31.9 Å². The second-order valence-corrected chi connectivity index (χ2v) is 8.20. The third kappa shape index (κ3) is 6.00. The summed E-state index contributed by atoms with van der Waals surface area (Å²) in [6, 6.07) is 14.1. The highest BCUT2D eigenvalue weighted by molar-refractivity contribution is 9.10. The largest absolute Gasteiger partial charge is 0.468 e. The van der Waals surface area contributed by atoms with Crippen LogP contribution in [-0.2, 0) is 30.9 Å². The van der Waals surface area contributed by atoms with E-state index in [1.807, 2.05) is 30.3 Å². The van der Waals surface area contributed by atoms with Crippen molar-refractivity contribution < 1.29 is 22.7 Å². The van der Waals surface area contributed by atoms with E-state index < -0.39 is 28.1 Å². The highest BCUT2D eigenvalue weighted by Crippen LogP contribution is 2.17. The lowest BCUT2D eigenvalue weighted by Crippen LogP contribution is -2.49. The summed E-state index contributed by atoms with van der Waals surface area (Å²) >= 11 is 3.25. The Hall–Kier alpha value is -2.00. The van der Waals surface area contributed by atoms with Gasteiger partial charge >= 0.3 is 5.97 Å². The van der Waals surface area contributed by atoms with Crippen molar-refractivity contribution in [2.75, 3.05) is 7.11 Å². The molecule has 2 aromatic rings. The van der Waals surface area contributed by atoms with Crippen LogP contribution in [0.5, 0.6) is 0 Å². The smallest absolute Gasteiger partial charge is 0.326 e. The number of carbonyl (C=O) groups excluding carboxylic acids is 1. The van der Waals surface area contributed by atoms with Gasteiger partial charge in [0.1, 0.15) is 12.1 Å². The van der Waals surface area contributed by atoms with E-state index in [1.165, 1.54) is 25.3 Å². The van der Waals surface area contributed by atoms with Crippen molar-refractivity contribution in [3.8, 4) is 0 Å². The molecule has 0 aliphatic heterocycles. The zero-order valence-electron chi connectivity index (χ0n) is 14.7. The standard InChI is InChI=1S/C19H20BrNO5S/c1-3-17(26-13-14-7-5-4-6-8-14)18(19(22)25-2)21-27(23,24)16-11-9-15(20)10-12-16/h3-12,17-18,21H,1,13H2,2H3. The van der Waals surface area contributed by atoms with E-state index in [1.54, 1.807) is 12.1 Å². The van der Waals surface area contributed by atoms with Crippen molar-refractivity contribution in [3.63, 3.8) is 0 Å². The van der Waals surface area contributed by atoms with E-state index in [9.17, 15) is 13.2 Å². The number of halogens is 1. The number of rotatable bonds is 9. The molecular weight excluding hydrogens is 434 g/mol. The van der Waals surface area contributed by atoms with Crippen LogP contribution < -0.4 is 4.72 Å². The summed E-state index contributed by atoms with van der Waals surface area (Å²) in [4.78, 5) is 12.2. The second kappa shape index (κ2) is 9.80. The maximum absolute atomic E-state index is 12.6. The molecule has 0 saturated carbocycles. The normalized spacial score (nSPS) is 13.6. The molecule has 2 rings (SSSR count). The van der Waals surface area contributed by atoms with Gasteiger partial charge in [-0.3, -0.25) is 4.79 Å². The van der Waals surface area contributed by atoms with Crippen LogP contribution in [0, 0.1) is 0 Å². The molecule has 144 valence electrons. The number of esters is 1. The molecule has 0 heterocycles. The quantitative estimate of drug-likeness (QED) is 0.466. The van der Waals surface area contributed by atoms with E-state index in [4.69, 9.17) is 9.47 Å². The number of carbonyl (C=O) groups is 1. The van der Waals surface area contributed by atoms with Crippen molar-refractivity contribution in [2.45, 2.75) is 23.6 Å². The number of ether oxygens (including phenoxy) is 2. The molecular formula is C19H20BrNO5S. The summed E-state index contributed by atoms with van der Waals surface area (Å²) in [5, 5.41) is 0. The molecule has 0 aliphatic carbocycles. The van der Waals surface area contributed by atoms with Crippen LogP contribution in [0.25, 0.3) is 0 Å². The van der Waals surface area contributed by atoms with Gasteiger partial charge in [-0.1, -0.05) is 52.3 Å². The number of hydrogen-bond donors (Lipinski definition) is 1. The Balaban J connectivity index is 2.20. The summed E-state index contributed by atoms with van der Waals surface area (Å²) in [6.45, 7) is 3.84. The first-order chi connectivity index (χ1) is 12.9. The first kappa shape index (κ1) is 21.3. The Bertz CT molecular complexity index is 869. The molecule has 2 aromatic carbocycles. The predicted octanol–water partition coefficient (Wildman–Crippen LogP) is 3.04. The van der Waals surface area contributed by atoms with Crippen LogP contribution in [-0.4, -0.2) is 33.6 Å². The molecule has 0 saturated heterocycles. The van der Waals surface area contributed by atoms with E-state index in [2.05, 4.69) is 27.2 Å². The third-order valence-electron chi connectivity index (χ3n) is 3.71. The third-order valence-corrected chi connectivity index (χ3v) is 5.69. The minimum absolute atomic E-state index is 0.0190. The molecule has 2 atom stereocenters. The van der Waals surface area contributed by atoms with Crippen LogP contribution >= 0.6 is 15.9 Å². The topological polar surface area (TPSA) is 81.7 Å². The van der Waals surface area contributed by atoms with Crippen LogP contribution in [0.15, 0.2) is 76.6 Å². The van der Waals surface area contributed by atoms with Gasteiger partial charge in [-0.25, -0.2) is 8.42 Å². The Morgan fingerprint density at radius 1 is 1.19 bits per heavy atom. The molecule has 27 heavy (non-hydrogen) atoms. The maximum atomic E-state index is 12.6. The lowest BCUT2D eigenvalue weighted by atomic mass is 10.1. The molecule has 2 unspecified atom stereocenters. The Kier molecular flexibility index (Phi) is 7.73. The summed E-state index contributed by atoms with van der Waals surface area (Å²) in [7, 11) is -2.79. The summed E-state index contributed by atoms with van der Waals surface area (Å²) in [5.74, 6) is -0.770. The molecule has 1 N–H and O–H groups in total. The number of hydrogen-bond acceptors (Lipinski definition) is 5. The van der Waals surface area contributed by atoms with Crippen LogP contribution in [0.1, 0.15) is 5.56 Å². The monoisotopic (exact) mass is 453 g/mol. The average molecular weight is 454 g/mol. The zero-order valence-corrected chi connectivity index (χ0v) is 17.1. The predicted molar refractivity (Wildman–Crippen MR) is 105 cm³/mol. The van der Waals surface area contributed by atoms with Gasteiger partial charge in [-0.15, -0.1) is 6.58 Å². The van der Waals surface area contributed by atoms with Gasteiger partial charge in [-0.2, -0.15) is 4.72 Å². The SMILES string of the molecule is C=CC(OCc1ccccc1)C(NS(=O)(=O)c1ccc(Br)cc1)C(=O)OC. The Morgan fingerprint density at radius 2 is 1.81 bits per heavy atom. The first-order valence-electron chi connectivity index (χ1n) is 8.01. The van der Waals surface area contributed by atoms with Gasteiger partial charge in [0.25, 0.3) is 0 Å². The molecule has 0 amide bonds. The molecule has 0 aromatic heterocycles. The minimum atomic E-state index is -3.97. The van der Waals surface area contributed by atoms with Gasteiger partial charge in [0.05, 0.1) is 18.6 Å². The average Bonchev–Trinajstić information content (AvgIpc) is 2.68. The van der Waals surface area contributed by atoms with Crippen molar-refractivity contribution in [1.82, 2.24) is 4.72 Å². The Morgan fingerprint density at radius 3 is 2.37 bits per heavy atom. The molecule has 6 nitrogen and oxygen atoms in total. The van der Waals surface area contributed by atoms with Crippen molar-refractivity contribution in [1.29, 1.82) is 0 Å². The van der Waals surface area contributed by atoms with E-state index in [-0.39, 0.29) is 11.5 Å². The molecule has 0 aliphatic rings. The van der Waals surface area contributed by atoms with Crippen LogP contribution in [0.3, 0.4) is 0 Å². The fourth-order valence-corrected chi connectivity index (χ4v) is 3.75. The van der Waals surface area contributed by atoms with Crippen molar-refractivity contribution in [2.24, 2.45) is 0 Å². The van der Waals surface area contributed by atoms with E-state index in [0.29, 0.717) is 0 Å². The fourth-order valence-electron chi connectivity index (χ4n) is 2.29. The molecule has 0 fully saturated rings. The van der Waals surface area contributed by atoms with Crippen LogP contribution in [0.4, 0.5) is 0 Å². The van der Waals surface area contributed by atoms with E-state index in [0.717, 1.165) is 10.0 Å². The van der Waals surface area contributed by atoms with E-state index >= 15 is 0 Å². The molecule has 8 heteroatoms. The highest BCUT2D eigenvalue weighted by Gasteiger charge is 2.33. The van der Waals surface area contributed by atoms with Gasteiger partial charge in [-0.05, 0) is 29.8 Å². The summed E-state index contributed by atoms with van der Waals surface area (Å²) in [6.07, 6.45) is 0.456. The molecule has 0 radical (unpaired) electrons. The van der Waals surface area contributed by atoms with Crippen molar-refractivity contribution in [3.05, 3.63) is 77.3 Å². The summed E-state index contributed by atoms with van der Waals surface area (Å²) in [5.41, 5.74) is 0.878. The van der Waals surface area contributed by atoms with Gasteiger partial charge in [0, 0.05) is 4.47 Å². The van der Waals surface area contributed by atoms with Gasteiger partial charge in [0.15, 0.2) is 0 Å². The van der Waals surface area contributed by atoms with Gasteiger partial charge < -0.3 is 9.47 Å². The van der Waals surface area contributed by atoms with Gasteiger partial charge in [0.2, 0.25) is 10.0 Å².